The van der Waals surface area contributed by atoms with E-state index in [4.69, 9.17) is 5.14 Å². The highest BCUT2D eigenvalue weighted by Gasteiger charge is 2.62. The quantitative estimate of drug-likeness (QED) is 0.243. The van der Waals surface area contributed by atoms with Crippen LogP contribution >= 0.6 is 15.9 Å². The van der Waals surface area contributed by atoms with E-state index in [1.807, 2.05) is 24.3 Å². The van der Waals surface area contributed by atoms with Gasteiger partial charge in [0.2, 0.25) is 5.78 Å². The van der Waals surface area contributed by atoms with Crippen molar-refractivity contribution in [2.45, 2.75) is 44.6 Å². The first-order valence-corrected chi connectivity index (χ1v) is 14.6. The third-order valence-corrected chi connectivity index (χ3v) is 8.21. The number of nitrogens with zero attached hydrogens (tertiary/aromatic N) is 4. The van der Waals surface area contributed by atoms with Gasteiger partial charge in [0, 0.05) is 28.5 Å². The predicted molar refractivity (Wildman–Crippen MR) is 144 cm³/mol. The van der Waals surface area contributed by atoms with Crippen molar-refractivity contribution in [3.05, 3.63) is 69.8 Å². The van der Waals surface area contributed by atoms with Crippen LogP contribution in [0.4, 0.5) is 5.82 Å². The van der Waals surface area contributed by atoms with Gasteiger partial charge in [-0.05, 0) is 49.9 Å². The number of hydrogen-bond acceptors (Lipinski definition) is 10. The van der Waals surface area contributed by atoms with Crippen LogP contribution in [0.3, 0.4) is 0 Å². The van der Waals surface area contributed by atoms with Crippen molar-refractivity contribution >= 4 is 37.8 Å². The maximum atomic E-state index is 13.6. The molecule has 208 valence electrons. The summed E-state index contributed by atoms with van der Waals surface area (Å²) in [5, 5.41) is 34.1. The maximum absolute atomic E-state index is 13.6. The van der Waals surface area contributed by atoms with Gasteiger partial charge in [0.15, 0.2) is 0 Å². The molecule has 1 aromatic carbocycles. The first-order chi connectivity index (χ1) is 18.3. The van der Waals surface area contributed by atoms with Crippen molar-refractivity contribution in [3.63, 3.8) is 0 Å². The number of nitrogens with two attached hydrogens (primary N) is 1. The summed E-state index contributed by atoms with van der Waals surface area (Å²) in [6.07, 6.45) is 2.50. The van der Waals surface area contributed by atoms with E-state index in [0.717, 1.165) is 10.0 Å². The molecule has 2 aromatic heterocycles. The number of halogens is 1. The second-order valence-corrected chi connectivity index (χ2v) is 12.7. The molecule has 0 saturated heterocycles. The topological polar surface area (TPSA) is 183 Å². The van der Waals surface area contributed by atoms with Crippen LogP contribution in [0, 0.1) is 17.8 Å². The zero-order chi connectivity index (χ0) is 28.1. The molecule has 0 radical (unpaired) electrons. The van der Waals surface area contributed by atoms with Gasteiger partial charge >= 0.3 is 10.3 Å². The third kappa shape index (κ3) is 6.05. The summed E-state index contributed by atoms with van der Waals surface area (Å²) in [4.78, 5) is 21.9. The van der Waals surface area contributed by atoms with E-state index in [9.17, 15) is 23.4 Å². The van der Waals surface area contributed by atoms with Crippen LogP contribution in [0.1, 0.15) is 47.6 Å². The molecule has 2 saturated carbocycles. The molecule has 5 rings (SSSR count). The number of aliphatic hydroxyl groups is 2. The summed E-state index contributed by atoms with van der Waals surface area (Å²) >= 11 is 3.46. The highest BCUT2D eigenvalue weighted by molar-refractivity contribution is 9.10. The number of anilines is 1. The number of ketones is 1. The van der Waals surface area contributed by atoms with Crippen LogP contribution in [0.5, 0.6) is 0 Å². The summed E-state index contributed by atoms with van der Waals surface area (Å²) in [6, 6.07) is 9.11. The molecular formula is C25H29BrN6O6S. The van der Waals surface area contributed by atoms with Crippen LogP contribution < -0.4 is 10.5 Å². The highest BCUT2D eigenvalue weighted by Crippen LogP contribution is 2.56. The molecule has 2 aliphatic carbocycles. The molecule has 0 amide bonds. The van der Waals surface area contributed by atoms with E-state index in [2.05, 4.69) is 40.5 Å². The van der Waals surface area contributed by atoms with Gasteiger partial charge < -0.3 is 15.5 Å². The minimum absolute atomic E-state index is 0.0678. The standard InChI is InChI=1S/C25H29BrN6O6S/c1-25(2,35)19-8-18(31-32(19)10-13-4-3-5-15(26)6-13)23(34)17-9-28-12-29-24(17)30-21-16-7-14(22(33)20(16)21)11-38-39(27,36)37/h3-6,8-9,12,14,16,20-22,33,35H,7,10-11H2,1-2H3,(H2,27,36,37)(H,28,29,30)/t14-,16-,20?,21?,22-/m1/s1. The molecular weight excluding hydrogens is 592 g/mol. The monoisotopic (exact) mass is 620 g/mol. The molecule has 12 nitrogen and oxygen atoms in total. The lowest BCUT2D eigenvalue weighted by molar-refractivity contribution is 0.0688. The predicted octanol–water partition coefficient (Wildman–Crippen LogP) is 1.57. The second kappa shape index (κ2) is 10.3. The largest absolute Gasteiger partial charge is 0.392 e. The van der Waals surface area contributed by atoms with Crippen molar-refractivity contribution in [3.8, 4) is 0 Å². The van der Waals surface area contributed by atoms with Crippen LogP contribution in [-0.4, -0.2) is 62.9 Å². The minimum atomic E-state index is -4.08. The SMILES string of the molecule is CC(C)(O)c1cc(C(=O)c2cncnc2NC2C3[C@H]2C[C@H](COS(N)(=O)=O)[C@H]3O)nn1Cc1cccc(Br)c1. The van der Waals surface area contributed by atoms with E-state index in [1.165, 1.54) is 12.5 Å². The highest BCUT2D eigenvalue weighted by atomic mass is 79.9. The number of aromatic nitrogens is 4. The Kier molecular flexibility index (Phi) is 7.37. The number of benzene rings is 1. The van der Waals surface area contributed by atoms with Gasteiger partial charge in [0.25, 0.3) is 0 Å². The number of carbonyl (C=O) groups excluding carboxylic acids is 1. The summed E-state index contributed by atoms with van der Waals surface area (Å²) in [5.41, 5.74) is 0.507. The minimum Gasteiger partial charge on any atom is -0.392 e. The lowest BCUT2D eigenvalue weighted by atomic mass is 10.0. The Bertz CT molecular complexity index is 1510. The van der Waals surface area contributed by atoms with Gasteiger partial charge in [-0.15, -0.1) is 0 Å². The maximum Gasteiger partial charge on any atom is 0.333 e. The summed E-state index contributed by atoms with van der Waals surface area (Å²) in [7, 11) is -4.08. The van der Waals surface area contributed by atoms with Gasteiger partial charge in [0.05, 0.1) is 30.5 Å². The van der Waals surface area contributed by atoms with Crippen molar-refractivity contribution in [1.82, 2.24) is 19.7 Å². The number of nitrogens with one attached hydrogen (secondary N) is 1. The molecule has 39 heavy (non-hydrogen) atoms. The average Bonchev–Trinajstić information content (AvgIpc) is 3.16. The van der Waals surface area contributed by atoms with E-state index < -0.39 is 27.8 Å². The third-order valence-electron chi connectivity index (χ3n) is 7.25. The molecule has 5 atom stereocenters. The molecule has 3 aromatic rings. The summed E-state index contributed by atoms with van der Waals surface area (Å²) < 4.78 is 29.3. The van der Waals surface area contributed by atoms with Crippen molar-refractivity contribution in [1.29, 1.82) is 0 Å². The molecule has 2 heterocycles. The Morgan fingerprint density at radius 3 is 2.74 bits per heavy atom. The number of carbonyl (C=O) groups is 1. The van der Waals surface area contributed by atoms with Gasteiger partial charge in [-0.1, -0.05) is 28.1 Å². The normalized spacial score (nSPS) is 24.4. The molecule has 2 unspecified atom stereocenters. The Balaban J connectivity index is 1.34. The second-order valence-electron chi connectivity index (χ2n) is 10.6. The zero-order valence-corrected chi connectivity index (χ0v) is 23.6. The summed E-state index contributed by atoms with van der Waals surface area (Å²) in [6.45, 7) is 3.44. The average molecular weight is 622 g/mol. The lowest BCUT2D eigenvalue weighted by Crippen LogP contribution is -2.30. The van der Waals surface area contributed by atoms with E-state index in [1.54, 1.807) is 24.6 Å². The first kappa shape index (κ1) is 27.8. The van der Waals surface area contributed by atoms with E-state index in [0.29, 0.717) is 24.5 Å². The number of fused-ring (bicyclic) bond motifs is 1. The van der Waals surface area contributed by atoms with Crippen molar-refractivity contribution in [2.24, 2.45) is 22.9 Å². The molecule has 2 aliphatic rings. The fourth-order valence-electron chi connectivity index (χ4n) is 5.38. The van der Waals surface area contributed by atoms with Gasteiger partial charge in [-0.3, -0.25) is 13.7 Å². The molecule has 0 aliphatic heterocycles. The lowest BCUT2D eigenvalue weighted by Gasteiger charge is -2.20. The van der Waals surface area contributed by atoms with Crippen LogP contribution in [-0.2, 0) is 26.6 Å². The van der Waals surface area contributed by atoms with Gasteiger partial charge in [-0.25, -0.2) is 15.1 Å². The summed E-state index contributed by atoms with van der Waals surface area (Å²) in [5.74, 6) is -0.522. The smallest absolute Gasteiger partial charge is 0.333 e. The fraction of sp³-hybridized carbons (Fsp3) is 0.440. The van der Waals surface area contributed by atoms with Gasteiger partial charge in [-0.2, -0.15) is 13.5 Å². The van der Waals surface area contributed by atoms with Crippen LogP contribution in [0.15, 0.2) is 47.3 Å². The Labute approximate surface area is 234 Å². The molecule has 0 bridgehead atoms. The molecule has 14 heteroatoms. The molecule has 0 spiro atoms. The Morgan fingerprint density at radius 1 is 1.33 bits per heavy atom. The molecule has 5 N–H and O–H groups in total. The Hall–Kier alpha value is -2.75. The first-order valence-electron chi connectivity index (χ1n) is 12.3. The molecule has 2 fully saturated rings. The van der Waals surface area contributed by atoms with E-state index >= 15 is 0 Å². The van der Waals surface area contributed by atoms with E-state index in [-0.39, 0.29) is 41.7 Å². The number of rotatable bonds is 10. The van der Waals surface area contributed by atoms with Crippen molar-refractivity contribution < 1.29 is 27.6 Å². The van der Waals surface area contributed by atoms with Crippen molar-refractivity contribution in [2.75, 3.05) is 11.9 Å². The Morgan fingerprint density at radius 2 is 2.10 bits per heavy atom. The fourth-order valence-corrected chi connectivity index (χ4v) is 6.19. The van der Waals surface area contributed by atoms with Crippen LogP contribution in [0.25, 0.3) is 0 Å². The number of aliphatic hydroxyl groups excluding tert-OH is 1. The van der Waals surface area contributed by atoms with Crippen LogP contribution in [0.2, 0.25) is 0 Å². The zero-order valence-electron chi connectivity index (χ0n) is 21.2. The van der Waals surface area contributed by atoms with Gasteiger partial charge in [0.1, 0.15) is 23.4 Å². The number of hydrogen-bond donors (Lipinski definition) is 4.